The van der Waals surface area contributed by atoms with Crippen molar-refractivity contribution in [2.45, 2.75) is 19.2 Å². The molecular formula is C11H13F3N2O2. The molecule has 0 fully saturated rings. The number of alkyl halides is 3. The summed E-state index contributed by atoms with van der Waals surface area (Å²) in [4.78, 5) is 10.8. The molecule has 1 amide bonds. The maximum atomic E-state index is 11.8. The Balaban J connectivity index is 2.51. The van der Waals surface area contributed by atoms with Crippen molar-refractivity contribution in [3.8, 4) is 0 Å². The van der Waals surface area contributed by atoms with Crippen molar-refractivity contribution >= 4 is 11.6 Å². The van der Waals surface area contributed by atoms with Gasteiger partial charge in [0.25, 0.3) is 0 Å². The van der Waals surface area contributed by atoms with Gasteiger partial charge in [-0.25, -0.2) is 0 Å². The van der Waals surface area contributed by atoms with Gasteiger partial charge in [-0.05, 0) is 12.1 Å². The van der Waals surface area contributed by atoms with Crippen LogP contribution < -0.4 is 11.5 Å². The minimum Gasteiger partial charge on any atom is -0.398 e. The number of ether oxygens (including phenoxy) is 1. The average Bonchev–Trinajstić information content (AvgIpc) is 2.24. The van der Waals surface area contributed by atoms with Crippen molar-refractivity contribution in [3.05, 3.63) is 29.3 Å². The van der Waals surface area contributed by atoms with Crippen molar-refractivity contribution in [2.24, 2.45) is 5.73 Å². The van der Waals surface area contributed by atoms with E-state index in [1.54, 1.807) is 0 Å². The predicted octanol–water partition coefficient (Wildman–Crippen LogP) is 1.84. The monoisotopic (exact) mass is 262 g/mol. The third-order valence-electron chi connectivity index (χ3n) is 2.22. The van der Waals surface area contributed by atoms with E-state index in [4.69, 9.17) is 16.2 Å². The largest absolute Gasteiger partial charge is 0.398 e. The molecule has 4 N–H and O–H groups in total. The average molecular weight is 262 g/mol. The number of benzene rings is 1. The zero-order valence-corrected chi connectivity index (χ0v) is 9.46. The number of hydrogen-bond acceptors (Lipinski definition) is 3. The molecule has 0 aliphatic heterocycles. The summed E-state index contributed by atoms with van der Waals surface area (Å²) in [5, 5.41) is 0. The van der Waals surface area contributed by atoms with E-state index in [-0.39, 0.29) is 17.9 Å². The van der Waals surface area contributed by atoms with Gasteiger partial charge in [-0.15, -0.1) is 0 Å². The smallest absolute Gasteiger partial charge is 0.391 e. The summed E-state index contributed by atoms with van der Waals surface area (Å²) >= 11 is 0. The predicted molar refractivity (Wildman–Crippen MR) is 59.7 cm³/mol. The van der Waals surface area contributed by atoms with Crippen molar-refractivity contribution in [3.63, 3.8) is 0 Å². The standard InChI is InChI=1S/C11H13F3N2O2/c12-11(13,14)3-4-18-6-8-2-1-7(10(16)17)5-9(8)15/h1-2,5H,3-4,6,15H2,(H2,16,17). The van der Waals surface area contributed by atoms with Crippen LogP contribution >= 0.6 is 0 Å². The second kappa shape index (κ2) is 5.72. The number of rotatable bonds is 5. The van der Waals surface area contributed by atoms with Crippen LogP contribution in [0.4, 0.5) is 18.9 Å². The Kier molecular flexibility index (Phi) is 4.55. The molecule has 4 nitrogen and oxygen atoms in total. The third kappa shape index (κ3) is 4.62. The molecule has 0 saturated carbocycles. The first-order valence-electron chi connectivity index (χ1n) is 5.12. The van der Waals surface area contributed by atoms with Crippen molar-refractivity contribution < 1.29 is 22.7 Å². The third-order valence-corrected chi connectivity index (χ3v) is 2.22. The number of amides is 1. The highest BCUT2D eigenvalue weighted by molar-refractivity contribution is 5.93. The van der Waals surface area contributed by atoms with Crippen LogP contribution in [-0.4, -0.2) is 18.7 Å². The molecule has 0 aliphatic rings. The summed E-state index contributed by atoms with van der Waals surface area (Å²) in [6.07, 6.45) is -5.24. The fourth-order valence-corrected chi connectivity index (χ4v) is 1.25. The van der Waals surface area contributed by atoms with Gasteiger partial charge >= 0.3 is 6.18 Å². The lowest BCUT2D eigenvalue weighted by Crippen LogP contribution is -2.13. The van der Waals surface area contributed by atoms with Gasteiger partial charge in [0.1, 0.15) is 0 Å². The van der Waals surface area contributed by atoms with Gasteiger partial charge < -0.3 is 16.2 Å². The molecule has 0 aromatic heterocycles. The van der Waals surface area contributed by atoms with Gasteiger partial charge in [-0.2, -0.15) is 13.2 Å². The van der Waals surface area contributed by atoms with E-state index in [0.717, 1.165) is 0 Å². The Morgan fingerprint density at radius 1 is 1.33 bits per heavy atom. The fourth-order valence-electron chi connectivity index (χ4n) is 1.25. The fraction of sp³-hybridized carbons (Fsp3) is 0.364. The van der Waals surface area contributed by atoms with Crippen LogP contribution in [0.5, 0.6) is 0 Å². The minimum absolute atomic E-state index is 0.0407. The van der Waals surface area contributed by atoms with Gasteiger partial charge in [0.05, 0.1) is 19.6 Å². The highest BCUT2D eigenvalue weighted by Gasteiger charge is 2.26. The van der Waals surface area contributed by atoms with Crippen LogP contribution in [0, 0.1) is 0 Å². The van der Waals surface area contributed by atoms with E-state index < -0.39 is 25.1 Å². The number of hydrogen-bond donors (Lipinski definition) is 2. The van der Waals surface area contributed by atoms with E-state index in [9.17, 15) is 18.0 Å². The summed E-state index contributed by atoms with van der Waals surface area (Å²) < 4.78 is 40.4. The topological polar surface area (TPSA) is 78.3 Å². The molecule has 0 heterocycles. The number of anilines is 1. The molecule has 0 saturated heterocycles. The molecule has 0 spiro atoms. The SMILES string of the molecule is NC(=O)c1ccc(COCCC(F)(F)F)c(N)c1. The first kappa shape index (κ1) is 14.3. The number of halogens is 3. The summed E-state index contributed by atoms with van der Waals surface area (Å²) in [6.45, 7) is -0.471. The van der Waals surface area contributed by atoms with Crippen LogP contribution in [0.2, 0.25) is 0 Å². The molecule has 1 aromatic rings. The Bertz CT molecular complexity index is 433. The zero-order valence-electron chi connectivity index (χ0n) is 9.46. The molecule has 1 rings (SSSR count). The first-order chi connectivity index (χ1) is 8.29. The van der Waals surface area contributed by atoms with Gasteiger partial charge in [-0.3, -0.25) is 4.79 Å². The lowest BCUT2D eigenvalue weighted by atomic mass is 10.1. The highest BCUT2D eigenvalue weighted by atomic mass is 19.4. The van der Waals surface area contributed by atoms with Crippen molar-refractivity contribution in [2.75, 3.05) is 12.3 Å². The van der Waals surface area contributed by atoms with E-state index in [0.29, 0.717) is 5.56 Å². The van der Waals surface area contributed by atoms with E-state index >= 15 is 0 Å². The second-order valence-corrected chi connectivity index (χ2v) is 3.70. The van der Waals surface area contributed by atoms with E-state index in [2.05, 4.69) is 0 Å². The van der Waals surface area contributed by atoms with Crippen molar-refractivity contribution in [1.29, 1.82) is 0 Å². The Hall–Kier alpha value is -1.76. The molecule has 0 unspecified atom stereocenters. The molecule has 0 aliphatic carbocycles. The summed E-state index contributed by atoms with van der Waals surface area (Å²) in [6, 6.07) is 4.31. The van der Waals surface area contributed by atoms with E-state index in [1.165, 1.54) is 18.2 Å². The number of carbonyl (C=O) groups excluding carboxylic acids is 1. The summed E-state index contributed by atoms with van der Waals surface area (Å²) in [5.74, 6) is -0.619. The molecular weight excluding hydrogens is 249 g/mol. The van der Waals surface area contributed by atoms with Crippen LogP contribution in [-0.2, 0) is 11.3 Å². The summed E-state index contributed by atoms with van der Waals surface area (Å²) in [5.41, 5.74) is 11.7. The molecule has 18 heavy (non-hydrogen) atoms. The number of primary amides is 1. The van der Waals surface area contributed by atoms with Gasteiger partial charge in [0.15, 0.2) is 0 Å². The molecule has 0 radical (unpaired) electrons. The lowest BCUT2D eigenvalue weighted by Gasteiger charge is -2.09. The second-order valence-electron chi connectivity index (χ2n) is 3.70. The first-order valence-corrected chi connectivity index (χ1v) is 5.12. The Morgan fingerprint density at radius 3 is 2.50 bits per heavy atom. The van der Waals surface area contributed by atoms with Gasteiger partial charge in [0.2, 0.25) is 5.91 Å². The zero-order chi connectivity index (χ0) is 13.8. The normalized spacial score (nSPS) is 11.5. The lowest BCUT2D eigenvalue weighted by molar-refractivity contribution is -0.146. The van der Waals surface area contributed by atoms with Crippen LogP contribution in [0.25, 0.3) is 0 Å². The van der Waals surface area contributed by atoms with E-state index in [1.807, 2.05) is 0 Å². The van der Waals surface area contributed by atoms with Crippen molar-refractivity contribution in [1.82, 2.24) is 0 Å². The Labute approximate surface area is 102 Å². The number of nitrogen functional groups attached to an aromatic ring is 1. The number of nitrogens with two attached hydrogens (primary N) is 2. The highest BCUT2D eigenvalue weighted by Crippen LogP contribution is 2.20. The Morgan fingerprint density at radius 2 is 2.00 bits per heavy atom. The molecule has 100 valence electrons. The molecule has 0 bridgehead atoms. The quantitative estimate of drug-likeness (QED) is 0.627. The molecule has 1 aromatic carbocycles. The van der Waals surface area contributed by atoms with Crippen LogP contribution in [0.1, 0.15) is 22.3 Å². The van der Waals surface area contributed by atoms with Crippen LogP contribution in [0.3, 0.4) is 0 Å². The van der Waals surface area contributed by atoms with Gasteiger partial charge in [0, 0.05) is 16.8 Å². The molecule has 7 heteroatoms. The minimum atomic E-state index is -4.23. The van der Waals surface area contributed by atoms with Crippen LogP contribution in [0.15, 0.2) is 18.2 Å². The number of carbonyl (C=O) groups is 1. The molecule has 0 atom stereocenters. The maximum Gasteiger partial charge on any atom is 0.391 e. The summed E-state index contributed by atoms with van der Waals surface area (Å²) in [7, 11) is 0. The maximum absolute atomic E-state index is 11.8. The van der Waals surface area contributed by atoms with Gasteiger partial charge in [-0.1, -0.05) is 6.07 Å².